The summed E-state index contributed by atoms with van der Waals surface area (Å²) >= 11 is 0. The lowest BCUT2D eigenvalue weighted by Crippen LogP contribution is -2.39. The number of H-pyrrole nitrogens is 1. The highest BCUT2D eigenvalue weighted by Crippen LogP contribution is 2.30. The van der Waals surface area contributed by atoms with E-state index < -0.39 is 41.6 Å². The Morgan fingerprint density at radius 3 is 2.92 bits per heavy atom. The average Bonchev–Trinajstić information content (AvgIpc) is 2.94. The lowest BCUT2D eigenvalue weighted by molar-refractivity contribution is -0.151. The van der Waals surface area contributed by atoms with Crippen molar-refractivity contribution >= 4 is 5.97 Å². The van der Waals surface area contributed by atoms with Crippen LogP contribution in [0.15, 0.2) is 27.0 Å². The first kappa shape index (κ1) is 18.7. The average molecular weight is 352 g/mol. The highest BCUT2D eigenvalue weighted by Gasteiger charge is 2.37. The highest BCUT2D eigenvalue weighted by molar-refractivity contribution is 5.75. The molecule has 1 aromatic heterocycles. The van der Waals surface area contributed by atoms with Gasteiger partial charge in [0.25, 0.3) is 5.56 Å². The molecule has 4 atom stereocenters. The zero-order chi connectivity index (χ0) is 18.6. The van der Waals surface area contributed by atoms with Crippen molar-refractivity contribution in [1.29, 1.82) is 0 Å². The van der Waals surface area contributed by atoms with E-state index in [0.717, 1.165) is 0 Å². The second-order valence-electron chi connectivity index (χ2n) is 6.05. The Morgan fingerprint density at radius 1 is 1.60 bits per heavy atom. The number of hydrogen-bond acceptors (Lipinski definition) is 7. The summed E-state index contributed by atoms with van der Waals surface area (Å²) < 4.78 is 12.0. The maximum absolute atomic E-state index is 11.9. The van der Waals surface area contributed by atoms with Crippen LogP contribution in [-0.2, 0) is 14.3 Å². The van der Waals surface area contributed by atoms with Crippen LogP contribution in [0.2, 0.25) is 0 Å². The molecular formula is C14H20N6O5. The molecule has 136 valence electrons. The lowest BCUT2D eigenvalue weighted by atomic mass is 10.1. The van der Waals surface area contributed by atoms with Crippen LogP contribution in [0, 0.1) is 5.92 Å². The molecule has 0 radical (unpaired) electrons. The van der Waals surface area contributed by atoms with E-state index in [1.807, 2.05) is 0 Å². The molecular weight excluding hydrogens is 332 g/mol. The summed E-state index contributed by atoms with van der Waals surface area (Å²) in [5, 5.41) is 3.63. The fraction of sp³-hybridized carbons (Fsp3) is 0.643. The van der Waals surface area contributed by atoms with E-state index in [9.17, 15) is 14.4 Å². The molecule has 1 saturated heterocycles. The molecule has 25 heavy (non-hydrogen) atoms. The van der Waals surface area contributed by atoms with Gasteiger partial charge in [-0.25, -0.2) is 4.79 Å². The van der Waals surface area contributed by atoms with Gasteiger partial charge in [-0.3, -0.25) is 19.1 Å². The van der Waals surface area contributed by atoms with Gasteiger partial charge in [0.15, 0.2) is 0 Å². The fourth-order valence-electron chi connectivity index (χ4n) is 2.41. The predicted molar refractivity (Wildman–Crippen MR) is 86.6 cm³/mol. The maximum Gasteiger partial charge on any atom is 0.330 e. The highest BCUT2D eigenvalue weighted by atomic mass is 16.6. The second kappa shape index (κ2) is 7.97. The largest absolute Gasteiger partial charge is 0.462 e. The van der Waals surface area contributed by atoms with Gasteiger partial charge >= 0.3 is 11.7 Å². The molecule has 1 fully saturated rings. The number of nitrogens with zero attached hydrogens (tertiary/aromatic N) is 4. The van der Waals surface area contributed by atoms with E-state index in [-0.39, 0.29) is 18.9 Å². The number of carbonyl (C=O) groups is 1. The molecule has 0 amide bonds. The topological polar surface area (TPSA) is 165 Å². The molecule has 1 aliphatic rings. The Morgan fingerprint density at radius 2 is 2.32 bits per heavy atom. The summed E-state index contributed by atoms with van der Waals surface area (Å²) in [6.07, 6.45) is 0.0293. The molecule has 0 saturated carbocycles. The number of aromatic nitrogens is 2. The third-order valence-corrected chi connectivity index (χ3v) is 3.95. The second-order valence-corrected chi connectivity index (χ2v) is 6.05. The normalized spacial score (nSPS) is 23.9. The number of nitrogens with one attached hydrogen (secondary N) is 1. The first-order valence-electron chi connectivity index (χ1n) is 7.76. The molecule has 11 heteroatoms. The van der Waals surface area contributed by atoms with Crippen LogP contribution in [-0.4, -0.2) is 40.3 Å². The number of hydrogen-bond donors (Lipinski definition) is 2. The SMILES string of the molecule is CC(C)[C@H](N)C(=O)OC[C@H]1O[C@@H](n2ccc(=O)[nH]c2=O)C[C@@H]1N=[N+]=[N-]. The van der Waals surface area contributed by atoms with Crippen LogP contribution in [0.1, 0.15) is 26.5 Å². The summed E-state index contributed by atoms with van der Waals surface area (Å²) in [5.41, 5.74) is 13.2. The molecule has 0 aliphatic carbocycles. The summed E-state index contributed by atoms with van der Waals surface area (Å²) in [6, 6.07) is -0.212. The number of carbonyl (C=O) groups excluding carboxylic acids is 1. The number of azide groups is 1. The van der Waals surface area contributed by atoms with Gasteiger partial charge in [0.2, 0.25) is 0 Å². The minimum absolute atomic E-state index is 0.0857. The minimum Gasteiger partial charge on any atom is -0.462 e. The van der Waals surface area contributed by atoms with E-state index in [2.05, 4.69) is 15.0 Å². The van der Waals surface area contributed by atoms with Crippen molar-refractivity contribution < 1.29 is 14.3 Å². The molecule has 0 unspecified atom stereocenters. The molecule has 2 rings (SSSR count). The van der Waals surface area contributed by atoms with E-state index in [0.29, 0.717) is 0 Å². The Kier molecular flexibility index (Phi) is 5.97. The third kappa shape index (κ3) is 4.47. The predicted octanol–water partition coefficient (Wildman–Crippen LogP) is 0.0295. The number of esters is 1. The number of ether oxygens (including phenoxy) is 2. The van der Waals surface area contributed by atoms with Crippen LogP contribution < -0.4 is 17.0 Å². The van der Waals surface area contributed by atoms with Crippen LogP contribution in [0.5, 0.6) is 0 Å². The third-order valence-electron chi connectivity index (χ3n) is 3.95. The van der Waals surface area contributed by atoms with Gasteiger partial charge in [-0.05, 0) is 11.4 Å². The summed E-state index contributed by atoms with van der Waals surface area (Å²) in [5.74, 6) is -0.666. The summed E-state index contributed by atoms with van der Waals surface area (Å²) in [6.45, 7) is 3.43. The Labute approximate surface area is 142 Å². The van der Waals surface area contributed by atoms with Crippen LogP contribution in [0.4, 0.5) is 0 Å². The van der Waals surface area contributed by atoms with Gasteiger partial charge < -0.3 is 15.2 Å². The molecule has 1 aromatic rings. The van der Waals surface area contributed by atoms with E-state index in [4.69, 9.17) is 20.7 Å². The molecule has 11 nitrogen and oxygen atoms in total. The quantitative estimate of drug-likeness (QED) is 0.317. The molecule has 0 bridgehead atoms. The van der Waals surface area contributed by atoms with Gasteiger partial charge in [0.05, 0.1) is 6.04 Å². The van der Waals surface area contributed by atoms with E-state index in [1.165, 1.54) is 16.8 Å². The van der Waals surface area contributed by atoms with Gasteiger partial charge in [-0.2, -0.15) is 0 Å². The molecule has 0 spiro atoms. The van der Waals surface area contributed by atoms with Crippen LogP contribution in [0.25, 0.3) is 10.4 Å². The Hall–Kier alpha value is -2.62. The molecule has 3 N–H and O–H groups in total. The first-order valence-corrected chi connectivity index (χ1v) is 7.76. The lowest BCUT2D eigenvalue weighted by Gasteiger charge is -2.19. The monoisotopic (exact) mass is 352 g/mol. The molecule has 2 heterocycles. The Balaban J connectivity index is 2.10. The van der Waals surface area contributed by atoms with E-state index in [1.54, 1.807) is 13.8 Å². The van der Waals surface area contributed by atoms with E-state index >= 15 is 0 Å². The van der Waals surface area contributed by atoms with Crippen molar-refractivity contribution in [3.8, 4) is 0 Å². The van der Waals surface area contributed by atoms with Gasteiger partial charge in [0, 0.05) is 23.6 Å². The number of nitrogens with two attached hydrogens (primary N) is 1. The first-order chi connectivity index (χ1) is 11.8. The maximum atomic E-state index is 11.9. The van der Waals surface area contributed by atoms with Crippen molar-refractivity contribution in [3.63, 3.8) is 0 Å². The smallest absolute Gasteiger partial charge is 0.330 e. The Bertz CT molecular complexity index is 780. The van der Waals surface area contributed by atoms with Crippen LogP contribution >= 0.6 is 0 Å². The van der Waals surface area contributed by atoms with Gasteiger partial charge in [-0.15, -0.1) is 0 Å². The zero-order valence-corrected chi connectivity index (χ0v) is 13.9. The zero-order valence-electron chi connectivity index (χ0n) is 13.9. The van der Waals surface area contributed by atoms with Gasteiger partial charge in [0.1, 0.15) is 25.0 Å². The van der Waals surface area contributed by atoms with Crippen molar-refractivity contribution in [3.05, 3.63) is 43.5 Å². The number of aromatic amines is 1. The summed E-state index contributed by atoms with van der Waals surface area (Å²) in [7, 11) is 0. The molecule has 0 aromatic carbocycles. The van der Waals surface area contributed by atoms with Crippen molar-refractivity contribution in [2.24, 2.45) is 16.8 Å². The van der Waals surface area contributed by atoms with Crippen molar-refractivity contribution in [2.75, 3.05) is 6.61 Å². The van der Waals surface area contributed by atoms with Crippen LogP contribution in [0.3, 0.4) is 0 Å². The summed E-state index contributed by atoms with van der Waals surface area (Å²) in [4.78, 5) is 39.7. The molecule has 1 aliphatic heterocycles. The minimum atomic E-state index is -0.767. The standard InChI is InChI=1S/C14H20N6O5/c1-7(2)12(15)13(22)24-6-9-8(18-19-16)5-11(25-9)20-4-3-10(21)17-14(20)23/h3-4,7-9,11-12H,5-6,15H2,1-2H3,(H,17,21,23)/t8-,9+,11+,12-/m0/s1. The van der Waals surface area contributed by atoms with Crippen molar-refractivity contribution in [1.82, 2.24) is 9.55 Å². The fourth-order valence-corrected chi connectivity index (χ4v) is 2.41. The van der Waals surface area contributed by atoms with Gasteiger partial charge in [-0.1, -0.05) is 19.0 Å². The number of rotatable bonds is 6. The van der Waals surface area contributed by atoms with Crippen molar-refractivity contribution in [2.45, 2.75) is 44.7 Å².